The minimum Gasteiger partial charge on any atom is -0.495 e. The summed E-state index contributed by atoms with van der Waals surface area (Å²) in [5, 5.41) is 41.1. The molecule has 236 valence electrons. The van der Waals surface area contributed by atoms with Crippen LogP contribution in [0.5, 0.6) is 0 Å². The Morgan fingerprint density at radius 2 is 1.77 bits per heavy atom. The molecule has 0 radical (unpaired) electrons. The van der Waals surface area contributed by atoms with Crippen molar-refractivity contribution in [1.29, 1.82) is 0 Å². The molecule has 1 aromatic rings. The molecule has 44 heavy (non-hydrogen) atoms. The normalized spacial score (nSPS) is 27.8. The highest BCUT2D eigenvalue weighted by molar-refractivity contribution is 7.87. The summed E-state index contributed by atoms with van der Waals surface area (Å²) in [6, 6.07) is -0.297. The van der Waals surface area contributed by atoms with Crippen molar-refractivity contribution in [3.05, 3.63) is 61.3 Å². The predicted molar refractivity (Wildman–Crippen MR) is 173 cm³/mol. The minimum atomic E-state index is -0.912. The van der Waals surface area contributed by atoms with E-state index in [1.54, 1.807) is 0 Å². The van der Waals surface area contributed by atoms with Gasteiger partial charge in [0.25, 0.3) is 0 Å². The van der Waals surface area contributed by atoms with Crippen LogP contribution in [0.2, 0.25) is 0 Å². The maximum Gasteiger partial charge on any atom is 0.303 e. The molecule has 2 unspecified atom stereocenters. The first-order valence-electron chi connectivity index (χ1n) is 15.3. The number of aromatic amines is 1. The van der Waals surface area contributed by atoms with Gasteiger partial charge in [0.05, 0.1) is 6.04 Å². The minimum absolute atomic E-state index is 0.0224. The standard InChI is InChI=1S/C33H42N4O6S/c1-6-19-15(2)24(36-33(19)43)11-22-16(3)20(7-9-29(38)39)25(34-22)13-26-21(8-10-30(40)41)17(4)23(35-26)12-27-31(28-14-44-28)18(5)32(42)37-27/h12-13,15,22,24,27-28,34-36,43H,4,6-11,14H2,1-3,5H3,(H,37,42)(H,38,39)(H,40,41)/p+1/b23-12+,25-13-/t15?,22?,24-,27+,28+/m1/s1. The van der Waals surface area contributed by atoms with Gasteiger partial charge in [-0.2, -0.15) is 0 Å². The number of hydrogen-bond acceptors (Lipinski definition) is 6. The molecule has 4 aliphatic rings. The topological polar surface area (TPSA) is 164 Å². The molecule has 7 N–H and O–H groups in total. The fraction of sp³-hybridized carbons (Fsp3) is 0.485. The second kappa shape index (κ2) is 12.6. The summed E-state index contributed by atoms with van der Waals surface area (Å²) in [6.07, 6.45) is 5.89. The molecular weight excluding hydrogens is 580 g/mol. The maximum atomic E-state index is 12.5. The highest BCUT2D eigenvalue weighted by Crippen LogP contribution is 2.36. The number of nitrogens with one attached hydrogen (secondary N) is 4. The Kier molecular flexibility index (Phi) is 9.06. The fourth-order valence-electron chi connectivity index (χ4n) is 6.84. The average Bonchev–Trinajstić information content (AvgIpc) is 3.53. The lowest BCUT2D eigenvalue weighted by atomic mass is 9.89. The second-order valence-corrected chi connectivity index (χ2v) is 13.5. The van der Waals surface area contributed by atoms with Crippen molar-refractivity contribution in [2.75, 3.05) is 5.75 Å². The van der Waals surface area contributed by atoms with Crippen LogP contribution in [-0.2, 0) is 32.6 Å². The van der Waals surface area contributed by atoms with Crippen LogP contribution in [0.25, 0.3) is 18.7 Å². The van der Waals surface area contributed by atoms with Crippen LogP contribution in [0.1, 0.15) is 71.1 Å². The average molecular weight is 624 g/mol. The molecular formula is C33H43N4O6S+. The largest absolute Gasteiger partial charge is 0.495 e. The van der Waals surface area contributed by atoms with Gasteiger partial charge in [0.15, 0.2) is 16.9 Å². The van der Waals surface area contributed by atoms with Crippen LogP contribution >= 0.6 is 0 Å². The number of amides is 1. The van der Waals surface area contributed by atoms with Crippen molar-refractivity contribution in [1.82, 2.24) is 20.9 Å². The molecule has 0 saturated carbocycles. The molecule has 4 aliphatic heterocycles. The van der Waals surface area contributed by atoms with Crippen molar-refractivity contribution in [2.24, 2.45) is 5.92 Å². The molecule has 1 saturated heterocycles. The van der Waals surface area contributed by atoms with Crippen LogP contribution < -0.4 is 26.5 Å². The third-order valence-corrected chi connectivity index (χ3v) is 10.5. The quantitative estimate of drug-likeness (QED) is 0.105. The van der Waals surface area contributed by atoms with Crippen LogP contribution in [0, 0.1) is 5.92 Å². The van der Waals surface area contributed by atoms with Gasteiger partial charge in [0.1, 0.15) is 0 Å². The van der Waals surface area contributed by atoms with Crippen LogP contribution in [0.15, 0.2) is 39.4 Å². The molecule has 5 rings (SSSR count). The number of carboxylic acid groups (broad SMARTS) is 2. The van der Waals surface area contributed by atoms with E-state index < -0.39 is 11.9 Å². The Morgan fingerprint density at radius 1 is 1.09 bits per heavy atom. The molecule has 0 bridgehead atoms. The van der Waals surface area contributed by atoms with Gasteiger partial charge in [-0.25, -0.2) is 0 Å². The number of aromatic nitrogens is 1. The number of aliphatic hydroxyl groups is 1. The number of H-pyrrole nitrogens is 1. The lowest BCUT2D eigenvalue weighted by molar-refractivity contribution is -0.138. The molecule has 11 heteroatoms. The van der Waals surface area contributed by atoms with E-state index in [4.69, 9.17) is 0 Å². The number of aliphatic hydroxyl groups excluding tert-OH is 1. The highest BCUT2D eigenvalue weighted by atomic mass is 32.2. The third-order valence-electron chi connectivity index (χ3n) is 9.51. The Morgan fingerprint density at radius 3 is 2.39 bits per heavy atom. The van der Waals surface area contributed by atoms with E-state index in [0.717, 1.165) is 56.6 Å². The van der Waals surface area contributed by atoms with Gasteiger partial charge in [0.2, 0.25) is 5.91 Å². The van der Waals surface area contributed by atoms with Crippen molar-refractivity contribution in [3.8, 4) is 0 Å². The number of hydrogen-bond donors (Lipinski definition) is 7. The van der Waals surface area contributed by atoms with E-state index in [2.05, 4.69) is 34.4 Å². The van der Waals surface area contributed by atoms with Gasteiger partial charge < -0.3 is 36.3 Å². The van der Waals surface area contributed by atoms with Crippen molar-refractivity contribution >= 4 is 48.3 Å². The number of carbonyl (C=O) groups is 3. The molecule has 1 fully saturated rings. The Labute approximate surface area is 261 Å². The molecule has 1 aromatic heterocycles. The number of thiol groups is 1. The van der Waals surface area contributed by atoms with E-state index in [0.29, 0.717) is 29.0 Å². The highest BCUT2D eigenvalue weighted by Gasteiger charge is 2.46. The summed E-state index contributed by atoms with van der Waals surface area (Å²) in [5.74, 6) is -0.411. The van der Waals surface area contributed by atoms with Crippen LogP contribution in [-0.4, -0.2) is 67.3 Å². The lowest BCUT2D eigenvalue weighted by Gasteiger charge is -2.23. The predicted octanol–water partition coefficient (Wildman–Crippen LogP) is 1.91. The number of carbonyl (C=O) groups excluding carboxylic acids is 1. The Balaban J connectivity index is 1.51. The van der Waals surface area contributed by atoms with Gasteiger partial charge in [0, 0.05) is 58.7 Å². The van der Waals surface area contributed by atoms with Crippen LogP contribution in [0.4, 0.5) is 0 Å². The van der Waals surface area contributed by atoms with E-state index in [9.17, 15) is 29.7 Å². The Hall–Kier alpha value is -3.86. The molecule has 5 atom stereocenters. The second-order valence-electron chi connectivity index (χ2n) is 12.2. The van der Waals surface area contributed by atoms with Crippen molar-refractivity contribution in [3.63, 3.8) is 0 Å². The monoisotopic (exact) mass is 623 g/mol. The SMILES string of the molecule is C=c1c(CCC(=O)O)c(/C=C2\NC(C[C@H]3NC(O)=C(CC)C3C)C(C)=C2CCC(=O)O)[nH]/c1=C/[C@@H]1NC(=O)C(C)=C1[C@@H]1C[SH+]1. The zero-order chi connectivity index (χ0) is 31.9. The van der Waals surface area contributed by atoms with E-state index in [-0.39, 0.29) is 55.1 Å². The number of carboxylic acids is 2. The van der Waals surface area contributed by atoms with Crippen molar-refractivity contribution < 1.29 is 29.7 Å². The number of allylic oxidation sites excluding steroid dienone is 1. The Bertz CT molecular complexity index is 1630. The summed E-state index contributed by atoms with van der Waals surface area (Å²) >= 11 is 1.31. The van der Waals surface area contributed by atoms with Gasteiger partial charge in [-0.3, -0.25) is 14.4 Å². The van der Waals surface area contributed by atoms with Gasteiger partial charge in [-0.1, -0.05) is 20.4 Å². The summed E-state index contributed by atoms with van der Waals surface area (Å²) in [5.41, 5.74) is 7.12. The third kappa shape index (κ3) is 6.33. The smallest absolute Gasteiger partial charge is 0.303 e. The zero-order valence-electron chi connectivity index (χ0n) is 25.7. The van der Waals surface area contributed by atoms with E-state index >= 15 is 0 Å². The maximum absolute atomic E-state index is 12.5. The summed E-state index contributed by atoms with van der Waals surface area (Å²) in [6.45, 7) is 12.3. The first-order valence-corrected chi connectivity index (χ1v) is 16.4. The summed E-state index contributed by atoms with van der Waals surface area (Å²) in [7, 11) is 0. The molecule has 10 nitrogen and oxygen atoms in total. The van der Waals surface area contributed by atoms with E-state index in [1.807, 2.05) is 32.9 Å². The van der Waals surface area contributed by atoms with Crippen LogP contribution in [0.3, 0.4) is 0 Å². The first kappa shape index (κ1) is 31.6. The number of aliphatic carboxylic acids is 2. The molecule has 1 amide bonds. The number of rotatable bonds is 12. The van der Waals surface area contributed by atoms with Gasteiger partial charge >= 0.3 is 11.9 Å². The van der Waals surface area contributed by atoms with E-state index in [1.165, 1.54) is 11.8 Å². The molecule has 0 spiro atoms. The molecule has 5 heterocycles. The fourth-order valence-corrected chi connectivity index (χ4v) is 7.69. The lowest BCUT2D eigenvalue weighted by Crippen LogP contribution is -2.36. The zero-order valence-corrected chi connectivity index (χ0v) is 26.6. The van der Waals surface area contributed by atoms with Gasteiger partial charge in [-0.05, 0) is 90.9 Å². The first-order chi connectivity index (χ1) is 20.9. The summed E-state index contributed by atoms with van der Waals surface area (Å²) < 4.78 is 0. The summed E-state index contributed by atoms with van der Waals surface area (Å²) in [4.78, 5) is 39.1. The van der Waals surface area contributed by atoms with Crippen molar-refractivity contribution in [2.45, 2.75) is 89.6 Å². The molecule has 0 aromatic carbocycles. The van der Waals surface area contributed by atoms with Gasteiger partial charge in [-0.15, -0.1) is 0 Å². The molecule has 0 aliphatic carbocycles.